The van der Waals surface area contributed by atoms with Gasteiger partial charge < -0.3 is 15.4 Å². The van der Waals surface area contributed by atoms with Gasteiger partial charge >= 0.3 is 6.03 Å². The number of aromatic amines is 1. The molecule has 0 aliphatic carbocycles. The molecular formula is C22H19FN6O2. The van der Waals surface area contributed by atoms with Crippen LogP contribution in [0.1, 0.15) is 23.3 Å². The lowest BCUT2D eigenvalue weighted by atomic mass is 10.1. The van der Waals surface area contributed by atoms with Gasteiger partial charge in [0.05, 0.1) is 11.9 Å². The maximum absolute atomic E-state index is 13.0. The van der Waals surface area contributed by atoms with E-state index in [9.17, 15) is 9.18 Å². The Hall–Kier alpha value is -4.27. The molecule has 156 valence electrons. The monoisotopic (exact) mass is 418 g/mol. The van der Waals surface area contributed by atoms with Crippen LogP contribution in [0.4, 0.5) is 14.9 Å². The lowest BCUT2D eigenvalue weighted by Gasteiger charge is -2.17. The molecule has 0 aliphatic rings. The fraction of sp³-hybridized carbons (Fsp3) is 0.0909. The SMILES string of the molecule is Cc1nc(C(NC(=O)Nc2ccc(Oc3ccc(F)cc3)nc2)c2ccccc2)n[nH]1. The lowest BCUT2D eigenvalue weighted by molar-refractivity contribution is 0.249. The minimum atomic E-state index is -0.528. The first kappa shape index (κ1) is 20.0. The molecule has 0 radical (unpaired) electrons. The molecule has 2 amide bonds. The summed E-state index contributed by atoms with van der Waals surface area (Å²) >= 11 is 0. The van der Waals surface area contributed by atoms with Crippen molar-refractivity contribution < 1.29 is 13.9 Å². The molecule has 8 nitrogen and oxygen atoms in total. The van der Waals surface area contributed by atoms with E-state index in [2.05, 4.69) is 30.8 Å². The second kappa shape index (κ2) is 9.04. The van der Waals surface area contributed by atoms with E-state index in [1.54, 1.807) is 19.1 Å². The Morgan fingerprint density at radius 1 is 1.06 bits per heavy atom. The van der Waals surface area contributed by atoms with Gasteiger partial charge in [0.2, 0.25) is 5.88 Å². The van der Waals surface area contributed by atoms with Crippen LogP contribution in [0.15, 0.2) is 72.9 Å². The Labute approximate surface area is 177 Å². The molecule has 0 aliphatic heterocycles. The number of nitrogens with zero attached hydrogens (tertiary/aromatic N) is 3. The van der Waals surface area contributed by atoms with Crippen LogP contribution in [-0.4, -0.2) is 26.2 Å². The Kier molecular flexibility index (Phi) is 5.84. The van der Waals surface area contributed by atoms with Crippen molar-refractivity contribution in [1.82, 2.24) is 25.5 Å². The summed E-state index contributed by atoms with van der Waals surface area (Å²) < 4.78 is 18.5. The number of carbonyl (C=O) groups is 1. The summed E-state index contributed by atoms with van der Waals surface area (Å²) in [5.74, 6) is 1.54. The van der Waals surface area contributed by atoms with E-state index in [1.165, 1.54) is 30.5 Å². The van der Waals surface area contributed by atoms with Gasteiger partial charge in [0.1, 0.15) is 23.4 Å². The molecule has 4 aromatic rings. The van der Waals surface area contributed by atoms with Crippen LogP contribution < -0.4 is 15.4 Å². The largest absolute Gasteiger partial charge is 0.439 e. The van der Waals surface area contributed by atoms with Crippen LogP contribution in [0.2, 0.25) is 0 Å². The number of aromatic nitrogens is 4. The first-order valence-electron chi connectivity index (χ1n) is 9.48. The quantitative estimate of drug-likeness (QED) is 0.432. The number of H-pyrrole nitrogens is 1. The number of urea groups is 1. The van der Waals surface area contributed by atoms with E-state index in [-0.39, 0.29) is 5.82 Å². The van der Waals surface area contributed by atoms with Gasteiger partial charge in [-0.3, -0.25) is 5.10 Å². The summed E-state index contributed by atoms with van der Waals surface area (Å²) in [6, 6.07) is 17.3. The average molecular weight is 418 g/mol. The second-order valence-corrected chi connectivity index (χ2v) is 6.66. The van der Waals surface area contributed by atoms with Crippen LogP contribution in [0.5, 0.6) is 11.6 Å². The van der Waals surface area contributed by atoms with Gasteiger partial charge in [-0.2, -0.15) is 5.10 Å². The predicted molar refractivity (Wildman–Crippen MR) is 112 cm³/mol. The fourth-order valence-electron chi connectivity index (χ4n) is 2.87. The minimum Gasteiger partial charge on any atom is -0.439 e. The van der Waals surface area contributed by atoms with Crippen molar-refractivity contribution in [2.75, 3.05) is 5.32 Å². The third-order valence-electron chi connectivity index (χ3n) is 4.31. The van der Waals surface area contributed by atoms with Gasteiger partial charge in [-0.15, -0.1) is 0 Å². The van der Waals surface area contributed by atoms with E-state index < -0.39 is 12.1 Å². The van der Waals surface area contributed by atoms with Crippen molar-refractivity contribution in [2.24, 2.45) is 0 Å². The Balaban J connectivity index is 1.42. The molecule has 1 unspecified atom stereocenters. The topological polar surface area (TPSA) is 105 Å². The number of benzene rings is 2. The summed E-state index contributed by atoms with van der Waals surface area (Å²) in [5, 5.41) is 12.6. The smallest absolute Gasteiger partial charge is 0.320 e. The third kappa shape index (κ3) is 5.21. The van der Waals surface area contributed by atoms with E-state index in [4.69, 9.17) is 4.74 Å². The van der Waals surface area contributed by atoms with Crippen molar-refractivity contribution in [3.05, 3.63) is 96.0 Å². The zero-order valence-corrected chi connectivity index (χ0v) is 16.5. The van der Waals surface area contributed by atoms with Crippen LogP contribution >= 0.6 is 0 Å². The number of anilines is 1. The number of nitrogens with one attached hydrogen (secondary N) is 3. The first-order chi connectivity index (χ1) is 15.1. The van der Waals surface area contributed by atoms with Crippen LogP contribution in [0.3, 0.4) is 0 Å². The molecule has 0 saturated carbocycles. The number of hydrogen-bond acceptors (Lipinski definition) is 5. The minimum absolute atomic E-state index is 0.316. The van der Waals surface area contributed by atoms with Crippen molar-refractivity contribution in [3.8, 4) is 11.6 Å². The van der Waals surface area contributed by atoms with Gasteiger partial charge in [-0.05, 0) is 42.8 Å². The summed E-state index contributed by atoms with van der Waals surface area (Å²) in [5.41, 5.74) is 1.32. The van der Waals surface area contributed by atoms with Gasteiger partial charge in [-0.25, -0.2) is 19.2 Å². The van der Waals surface area contributed by atoms with Gasteiger partial charge in [0.15, 0.2) is 5.82 Å². The Morgan fingerprint density at radius 3 is 2.48 bits per heavy atom. The number of rotatable bonds is 6. The first-order valence-corrected chi connectivity index (χ1v) is 9.48. The van der Waals surface area contributed by atoms with E-state index in [1.807, 2.05) is 30.3 Å². The highest BCUT2D eigenvalue weighted by Crippen LogP contribution is 2.22. The third-order valence-corrected chi connectivity index (χ3v) is 4.31. The van der Waals surface area contributed by atoms with Crippen molar-refractivity contribution >= 4 is 11.7 Å². The number of pyridine rings is 1. The maximum atomic E-state index is 13.0. The average Bonchev–Trinajstić information content (AvgIpc) is 3.21. The van der Waals surface area contributed by atoms with Crippen molar-refractivity contribution in [2.45, 2.75) is 13.0 Å². The highest BCUT2D eigenvalue weighted by atomic mass is 19.1. The molecule has 1 atom stereocenters. The molecule has 2 heterocycles. The number of hydrogen-bond donors (Lipinski definition) is 3. The van der Waals surface area contributed by atoms with Crippen LogP contribution in [-0.2, 0) is 0 Å². The molecule has 0 spiro atoms. The molecule has 0 fully saturated rings. The summed E-state index contributed by atoms with van der Waals surface area (Å²) in [6.07, 6.45) is 1.47. The van der Waals surface area contributed by atoms with E-state index in [0.717, 1.165) is 5.56 Å². The summed E-state index contributed by atoms with van der Waals surface area (Å²) in [7, 11) is 0. The predicted octanol–water partition coefficient (Wildman–Crippen LogP) is 4.35. The highest BCUT2D eigenvalue weighted by molar-refractivity contribution is 5.89. The molecule has 0 saturated heterocycles. The normalized spacial score (nSPS) is 11.5. The second-order valence-electron chi connectivity index (χ2n) is 6.66. The number of halogens is 1. The van der Waals surface area contributed by atoms with Crippen LogP contribution in [0.25, 0.3) is 0 Å². The van der Waals surface area contributed by atoms with E-state index >= 15 is 0 Å². The number of aryl methyl sites for hydroxylation is 1. The van der Waals surface area contributed by atoms with Crippen molar-refractivity contribution in [1.29, 1.82) is 0 Å². The fourth-order valence-corrected chi connectivity index (χ4v) is 2.87. The highest BCUT2D eigenvalue weighted by Gasteiger charge is 2.21. The lowest BCUT2D eigenvalue weighted by Crippen LogP contribution is -2.33. The molecule has 9 heteroatoms. The molecular weight excluding hydrogens is 399 g/mol. The van der Waals surface area contributed by atoms with Gasteiger partial charge in [0, 0.05) is 6.07 Å². The maximum Gasteiger partial charge on any atom is 0.320 e. The Bertz CT molecular complexity index is 1150. The van der Waals surface area contributed by atoms with Crippen molar-refractivity contribution in [3.63, 3.8) is 0 Å². The molecule has 2 aromatic carbocycles. The zero-order chi connectivity index (χ0) is 21.6. The molecule has 3 N–H and O–H groups in total. The zero-order valence-electron chi connectivity index (χ0n) is 16.5. The van der Waals surface area contributed by atoms with E-state index in [0.29, 0.717) is 29.0 Å². The van der Waals surface area contributed by atoms with Gasteiger partial charge in [-0.1, -0.05) is 30.3 Å². The molecule has 31 heavy (non-hydrogen) atoms. The van der Waals surface area contributed by atoms with Crippen LogP contribution in [0, 0.1) is 12.7 Å². The summed E-state index contributed by atoms with van der Waals surface area (Å²) in [6.45, 7) is 1.79. The number of amides is 2. The molecule has 0 bridgehead atoms. The molecule has 4 rings (SSSR count). The standard InChI is InChI=1S/C22H19FN6O2/c1-14-25-21(29-28-14)20(15-5-3-2-4-6-15)27-22(30)26-17-9-12-19(24-13-17)31-18-10-7-16(23)8-11-18/h2-13,20H,1H3,(H,25,28,29)(H2,26,27,30). The Morgan fingerprint density at radius 2 is 1.84 bits per heavy atom. The van der Waals surface area contributed by atoms with Gasteiger partial charge in [0.25, 0.3) is 0 Å². The number of carbonyl (C=O) groups excluding carboxylic acids is 1. The summed E-state index contributed by atoms with van der Waals surface area (Å²) in [4.78, 5) is 21.1. The number of ether oxygens (including phenoxy) is 1. The molecule has 2 aromatic heterocycles.